The van der Waals surface area contributed by atoms with Crippen LogP contribution in [0, 0.1) is 0 Å². The Morgan fingerprint density at radius 3 is 2.76 bits per heavy atom. The predicted octanol–water partition coefficient (Wildman–Crippen LogP) is 3.65. The van der Waals surface area contributed by atoms with Gasteiger partial charge in [0.25, 0.3) is 5.91 Å². The summed E-state index contributed by atoms with van der Waals surface area (Å²) in [4.78, 5) is 27.7. The monoisotopic (exact) mass is 359 g/mol. The van der Waals surface area contributed by atoms with Gasteiger partial charge in [0.1, 0.15) is 5.69 Å². The van der Waals surface area contributed by atoms with E-state index in [1.54, 1.807) is 18.3 Å². The van der Waals surface area contributed by atoms with Gasteiger partial charge in [-0.2, -0.15) is 0 Å². The number of carbonyl (C=O) groups is 2. The van der Waals surface area contributed by atoms with E-state index in [0.29, 0.717) is 5.69 Å². The number of aromatic nitrogens is 1. The van der Waals surface area contributed by atoms with Crippen LogP contribution in [0.3, 0.4) is 0 Å². The van der Waals surface area contributed by atoms with Crippen LogP contribution in [0.5, 0.6) is 0 Å². The lowest BCUT2D eigenvalue weighted by Gasteiger charge is -2.35. The quantitative estimate of drug-likeness (QED) is 0.906. The highest BCUT2D eigenvalue weighted by atomic mass is 32.1. The molecule has 134 valence electrons. The Balaban J connectivity index is 1.78. The highest BCUT2D eigenvalue weighted by molar-refractivity contribution is 7.10. The van der Waals surface area contributed by atoms with Crippen molar-refractivity contribution < 1.29 is 9.59 Å². The third-order valence-corrected chi connectivity index (χ3v) is 6.01. The Morgan fingerprint density at radius 1 is 1.28 bits per heavy atom. The lowest BCUT2D eigenvalue weighted by atomic mass is 9.99. The lowest BCUT2D eigenvalue weighted by molar-refractivity contribution is -0.132. The highest BCUT2D eigenvalue weighted by Gasteiger charge is 2.29. The van der Waals surface area contributed by atoms with E-state index in [-0.39, 0.29) is 23.9 Å². The second-order valence-corrected chi connectivity index (χ2v) is 7.62. The van der Waals surface area contributed by atoms with Crippen molar-refractivity contribution in [2.24, 2.45) is 7.05 Å². The predicted molar refractivity (Wildman–Crippen MR) is 99.6 cm³/mol. The SMILES string of the molecule is CC(=O)N1CCCC[C@H]1c1ccc(C(=O)N[C@H](C)c2cccs2)n1C. The van der Waals surface area contributed by atoms with Crippen LogP contribution in [0.1, 0.15) is 66.3 Å². The van der Waals surface area contributed by atoms with Crippen molar-refractivity contribution in [1.82, 2.24) is 14.8 Å². The lowest BCUT2D eigenvalue weighted by Crippen LogP contribution is -2.38. The minimum Gasteiger partial charge on any atom is -0.343 e. The Labute approximate surface area is 152 Å². The molecule has 2 aromatic rings. The van der Waals surface area contributed by atoms with Gasteiger partial charge in [0.2, 0.25) is 5.91 Å². The van der Waals surface area contributed by atoms with E-state index in [1.165, 1.54) is 0 Å². The number of rotatable bonds is 4. The van der Waals surface area contributed by atoms with E-state index in [9.17, 15) is 9.59 Å². The van der Waals surface area contributed by atoms with E-state index in [1.807, 2.05) is 53.1 Å². The molecule has 2 amide bonds. The average molecular weight is 359 g/mol. The van der Waals surface area contributed by atoms with Crippen LogP contribution in [0.25, 0.3) is 0 Å². The molecular weight excluding hydrogens is 334 g/mol. The molecule has 2 aromatic heterocycles. The fraction of sp³-hybridized carbons (Fsp3) is 0.474. The maximum absolute atomic E-state index is 12.7. The van der Waals surface area contributed by atoms with Crippen LogP contribution < -0.4 is 5.32 Å². The summed E-state index contributed by atoms with van der Waals surface area (Å²) in [5, 5.41) is 5.07. The molecule has 2 atom stereocenters. The second-order valence-electron chi connectivity index (χ2n) is 6.64. The Kier molecular flexibility index (Phi) is 5.27. The van der Waals surface area contributed by atoms with Crippen molar-refractivity contribution in [2.45, 2.75) is 45.2 Å². The molecule has 1 aliphatic heterocycles. The molecule has 6 heteroatoms. The summed E-state index contributed by atoms with van der Waals surface area (Å²) >= 11 is 1.64. The Morgan fingerprint density at radius 2 is 2.08 bits per heavy atom. The van der Waals surface area contributed by atoms with Crippen LogP contribution in [-0.4, -0.2) is 27.8 Å². The molecule has 1 fully saturated rings. The zero-order chi connectivity index (χ0) is 18.0. The first kappa shape index (κ1) is 17.7. The van der Waals surface area contributed by atoms with Crippen molar-refractivity contribution in [1.29, 1.82) is 0 Å². The zero-order valence-corrected chi connectivity index (χ0v) is 15.8. The molecule has 0 aliphatic carbocycles. The summed E-state index contributed by atoms with van der Waals surface area (Å²) in [6.45, 7) is 4.41. The van der Waals surface area contributed by atoms with Gasteiger partial charge >= 0.3 is 0 Å². The second kappa shape index (κ2) is 7.44. The number of hydrogen-bond donors (Lipinski definition) is 1. The van der Waals surface area contributed by atoms with Gasteiger partial charge in [-0.25, -0.2) is 0 Å². The minimum atomic E-state index is -0.0835. The van der Waals surface area contributed by atoms with Gasteiger partial charge in [-0.15, -0.1) is 11.3 Å². The summed E-state index contributed by atoms with van der Waals surface area (Å²) < 4.78 is 1.93. The summed E-state index contributed by atoms with van der Waals surface area (Å²) in [5.41, 5.74) is 1.66. The molecule has 0 spiro atoms. The van der Waals surface area contributed by atoms with Crippen molar-refractivity contribution in [3.63, 3.8) is 0 Å². The molecule has 1 aliphatic rings. The smallest absolute Gasteiger partial charge is 0.268 e. The number of hydrogen-bond acceptors (Lipinski definition) is 3. The molecular formula is C19H25N3O2S. The van der Waals surface area contributed by atoms with Crippen LogP contribution >= 0.6 is 11.3 Å². The van der Waals surface area contributed by atoms with Crippen LogP contribution in [0.15, 0.2) is 29.6 Å². The van der Waals surface area contributed by atoms with Gasteiger partial charge in [-0.05, 0) is 49.8 Å². The van der Waals surface area contributed by atoms with Crippen LogP contribution in [0.4, 0.5) is 0 Å². The summed E-state index contributed by atoms with van der Waals surface area (Å²) in [6.07, 6.45) is 3.10. The van der Waals surface area contributed by atoms with Gasteiger partial charge in [0.15, 0.2) is 0 Å². The van der Waals surface area contributed by atoms with E-state index in [2.05, 4.69) is 5.32 Å². The maximum Gasteiger partial charge on any atom is 0.268 e. The molecule has 0 saturated carbocycles. The highest BCUT2D eigenvalue weighted by Crippen LogP contribution is 2.32. The normalized spacial score (nSPS) is 18.8. The number of piperidine rings is 1. The van der Waals surface area contributed by atoms with Crippen molar-refractivity contribution >= 4 is 23.2 Å². The van der Waals surface area contributed by atoms with E-state index >= 15 is 0 Å². The number of thiophene rings is 1. The third kappa shape index (κ3) is 3.63. The summed E-state index contributed by atoms with van der Waals surface area (Å²) in [5.74, 6) is 0.0167. The first-order chi connectivity index (χ1) is 12.0. The van der Waals surface area contributed by atoms with Gasteiger partial charge in [0, 0.05) is 31.1 Å². The number of amides is 2. The molecule has 3 heterocycles. The average Bonchev–Trinajstić information content (AvgIpc) is 3.24. The molecule has 0 radical (unpaired) electrons. The molecule has 0 bridgehead atoms. The number of nitrogens with one attached hydrogen (secondary N) is 1. The van der Waals surface area contributed by atoms with Crippen molar-refractivity contribution in [3.8, 4) is 0 Å². The van der Waals surface area contributed by atoms with Gasteiger partial charge in [-0.1, -0.05) is 6.07 Å². The number of carbonyl (C=O) groups excluding carboxylic acids is 2. The molecule has 0 aromatic carbocycles. The summed E-state index contributed by atoms with van der Waals surface area (Å²) in [7, 11) is 1.91. The Bertz CT molecular complexity index is 751. The van der Waals surface area contributed by atoms with E-state index in [4.69, 9.17) is 0 Å². The van der Waals surface area contributed by atoms with Gasteiger partial charge < -0.3 is 14.8 Å². The minimum absolute atomic E-state index is 0.0192. The van der Waals surface area contributed by atoms with Crippen molar-refractivity contribution in [2.75, 3.05) is 6.54 Å². The molecule has 3 rings (SSSR count). The standard InChI is InChI=1S/C19H25N3O2S/c1-13(18-8-6-12-25-18)20-19(24)17-10-9-15(21(17)3)16-7-4-5-11-22(16)14(2)23/h6,8-10,12-13,16H,4-5,7,11H2,1-3H3,(H,20,24)/t13-,16+/m1/s1. The van der Waals surface area contributed by atoms with Crippen molar-refractivity contribution in [3.05, 3.63) is 45.9 Å². The van der Waals surface area contributed by atoms with Crippen LogP contribution in [0.2, 0.25) is 0 Å². The molecule has 0 unspecified atom stereocenters. The number of likely N-dealkylation sites (tertiary alicyclic amines) is 1. The van der Waals surface area contributed by atoms with E-state index < -0.39 is 0 Å². The van der Waals surface area contributed by atoms with E-state index in [0.717, 1.165) is 36.4 Å². The van der Waals surface area contributed by atoms with Gasteiger partial charge in [-0.3, -0.25) is 9.59 Å². The molecule has 1 N–H and O–H groups in total. The van der Waals surface area contributed by atoms with Gasteiger partial charge in [0.05, 0.1) is 12.1 Å². The fourth-order valence-corrected chi connectivity index (χ4v) is 4.32. The maximum atomic E-state index is 12.7. The Hall–Kier alpha value is -2.08. The topological polar surface area (TPSA) is 54.3 Å². The molecule has 1 saturated heterocycles. The largest absolute Gasteiger partial charge is 0.343 e. The zero-order valence-electron chi connectivity index (χ0n) is 15.0. The molecule has 5 nitrogen and oxygen atoms in total. The summed E-state index contributed by atoms with van der Waals surface area (Å²) in [6, 6.07) is 7.90. The first-order valence-electron chi connectivity index (χ1n) is 8.76. The first-order valence-corrected chi connectivity index (χ1v) is 9.64. The molecule has 25 heavy (non-hydrogen) atoms. The fourth-order valence-electron chi connectivity index (χ4n) is 3.58. The van der Waals surface area contributed by atoms with Crippen LogP contribution in [-0.2, 0) is 11.8 Å². The third-order valence-electron chi connectivity index (χ3n) is 4.96. The number of nitrogens with zero attached hydrogens (tertiary/aromatic N) is 2.